The molecule has 1 aliphatic carbocycles. The first-order chi connectivity index (χ1) is 9.69. The lowest BCUT2D eigenvalue weighted by molar-refractivity contribution is 0.0771. The number of hydrogen-bond donors (Lipinski definition) is 2. The average molecular weight is 335 g/mol. The standard InChI is InChI=1S/C16H19BrN2O/c1-19-7-9(8-20)5-11-10-3-2-4-13-15(10)12(6-14(11)19)16(17)18-13/h2-4,9,11,14,18,20H,5-8H2,1H3/t9-,11-,14-/m1/s1. The molecule has 4 rings (SSSR count). The number of H-pyrrole nitrogens is 1. The number of hydrogen-bond acceptors (Lipinski definition) is 2. The van der Waals surface area contributed by atoms with E-state index in [9.17, 15) is 5.11 Å². The number of aromatic nitrogens is 1. The third-order valence-corrected chi connectivity index (χ3v) is 5.82. The van der Waals surface area contributed by atoms with Crippen LogP contribution in [0.4, 0.5) is 0 Å². The molecule has 106 valence electrons. The minimum Gasteiger partial charge on any atom is -0.396 e. The largest absolute Gasteiger partial charge is 0.396 e. The fraction of sp³-hybridized carbons (Fsp3) is 0.500. The van der Waals surface area contributed by atoms with E-state index in [1.54, 1.807) is 0 Å². The van der Waals surface area contributed by atoms with Crippen LogP contribution in [0.5, 0.6) is 0 Å². The Kier molecular flexibility index (Phi) is 2.95. The molecular weight excluding hydrogens is 316 g/mol. The molecule has 0 bridgehead atoms. The van der Waals surface area contributed by atoms with Crippen LogP contribution < -0.4 is 0 Å². The summed E-state index contributed by atoms with van der Waals surface area (Å²) < 4.78 is 1.14. The van der Waals surface area contributed by atoms with Crippen LogP contribution in [0.3, 0.4) is 0 Å². The van der Waals surface area contributed by atoms with Crippen molar-refractivity contribution in [2.75, 3.05) is 20.2 Å². The normalized spacial score (nSPS) is 29.6. The maximum Gasteiger partial charge on any atom is 0.0864 e. The molecule has 1 fully saturated rings. The number of nitrogens with zero attached hydrogens (tertiary/aromatic N) is 1. The monoisotopic (exact) mass is 334 g/mol. The third-order valence-electron chi connectivity index (χ3n) is 5.14. The van der Waals surface area contributed by atoms with Crippen molar-refractivity contribution < 1.29 is 5.11 Å². The molecule has 1 aromatic carbocycles. The van der Waals surface area contributed by atoms with Crippen molar-refractivity contribution in [3.8, 4) is 0 Å². The Morgan fingerprint density at radius 2 is 2.30 bits per heavy atom. The predicted octanol–water partition coefficient (Wildman–Crippen LogP) is 2.88. The smallest absolute Gasteiger partial charge is 0.0864 e. The van der Waals surface area contributed by atoms with Crippen LogP contribution in [0, 0.1) is 5.92 Å². The van der Waals surface area contributed by atoms with Gasteiger partial charge in [-0.15, -0.1) is 0 Å². The molecule has 1 saturated heterocycles. The molecule has 1 aliphatic heterocycles. The number of likely N-dealkylation sites (tertiary alicyclic amines) is 1. The summed E-state index contributed by atoms with van der Waals surface area (Å²) >= 11 is 3.69. The van der Waals surface area contributed by atoms with E-state index in [4.69, 9.17) is 0 Å². The first kappa shape index (κ1) is 12.9. The fourth-order valence-corrected chi connectivity index (χ4v) is 4.80. The zero-order valence-electron chi connectivity index (χ0n) is 11.6. The van der Waals surface area contributed by atoms with Gasteiger partial charge in [-0.05, 0) is 58.9 Å². The number of fused-ring (bicyclic) bond motifs is 2. The van der Waals surface area contributed by atoms with E-state index >= 15 is 0 Å². The second-order valence-electron chi connectivity index (χ2n) is 6.29. The van der Waals surface area contributed by atoms with Crippen LogP contribution in [0.25, 0.3) is 10.9 Å². The van der Waals surface area contributed by atoms with Gasteiger partial charge in [0.25, 0.3) is 0 Å². The molecule has 0 radical (unpaired) electrons. The lowest BCUT2D eigenvalue weighted by Gasteiger charge is -2.45. The molecule has 1 aromatic heterocycles. The van der Waals surface area contributed by atoms with Gasteiger partial charge in [-0.1, -0.05) is 12.1 Å². The van der Waals surface area contributed by atoms with Crippen molar-refractivity contribution in [1.82, 2.24) is 9.88 Å². The number of likely N-dealkylation sites (N-methyl/N-ethyl adjacent to an activating group) is 1. The van der Waals surface area contributed by atoms with Gasteiger partial charge in [-0.2, -0.15) is 0 Å². The van der Waals surface area contributed by atoms with Gasteiger partial charge in [0.15, 0.2) is 0 Å². The second-order valence-corrected chi connectivity index (χ2v) is 7.08. The first-order valence-corrected chi connectivity index (χ1v) is 8.08. The highest BCUT2D eigenvalue weighted by molar-refractivity contribution is 9.10. The molecule has 2 aromatic rings. The van der Waals surface area contributed by atoms with Crippen molar-refractivity contribution >= 4 is 26.8 Å². The number of aromatic amines is 1. The molecule has 0 unspecified atom stereocenters. The summed E-state index contributed by atoms with van der Waals surface area (Å²) in [6, 6.07) is 7.14. The lowest BCUT2D eigenvalue weighted by atomic mass is 9.72. The highest BCUT2D eigenvalue weighted by atomic mass is 79.9. The van der Waals surface area contributed by atoms with Crippen LogP contribution >= 0.6 is 15.9 Å². The van der Waals surface area contributed by atoms with Gasteiger partial charge in [0.2, 0.25) is 0 Å². The Morgan fingerprint density at radius 1 is 1.45 bits per heavy atom. The predicted molar refractivity (Wildman–Crippen MR) is 84.1 cm³/mol. The van der Waals surface area contributed by atoms with Crippen molar-refractivity contribution in [3.63, 3.8) is 0 Å². The van der Waals surface area contributed by atoms with E-state index in [1.807, 2.05) is 0 Å². The summed E-state index contributed by atoms with van der Waals surface area (Å²) in [4.78, 5) is 5.90. The summed E-state index contributed by atoms with van der Waals surface area (Å²) in [5, 5.41) is 11.0. The van der Waals surface area contributed by atoms with Crippen LogP contribution in [-0.4, -0.2) is 41.2 Å². The number of benzene rings is 1. The molecule has 4 heteroatoms. The Balaban J connectivity index is 1.89. The first-order valence-electron chi connectivity index (χ1n) is 7.29. The summed E-state index contributed by atoms with van der Waals surface area (Å²) in [6.45, 7) is 1.30. The van der Waals surface area contributed by atoms with Crippen LogP contribution in [0.15, 0.2) is 22.8 Å². The van der Waals surface area contributed by atoms with E-state index < -0.39 is 0 Å². The number of piperidine rings is 1. The molecule has 2 N–H and O–H groups in total. The van der Waals surface area contributed by atoms with Gasteiger partial charge in [0, 0.05) is 36.0 Å². The van der Waals surface area contributed by atoms with Crippen molar-refractivity contribution in [3.05, 3.63) is 33.9 Å². The molecule has 2 heterocycles. The minimum atomic E-state index is 0.299. The van der Waals surface area contributed by atoms with Crippen molar-refractivity contribution in [1.29, 1.82) is 0 Å². The third kappa shape index (κ3) is 1.71. The van der Waals surface area contributed by atoms with Crippen LogP contribution in [0.2, 0.25) is 0 Å². The van der Waals surface area contributed by atoms with Gasteiger partial charge >= 0.3 is 0 Å². The van der Waals surface area contributed by atoms with E-state index in [2.05, 4.69) is 51.1 Å². The van der Waals surface area contributed by atoms with Gasteiger partial charge in [0.1, 0.15) is 0 Å². The number of nitrogens with one attached hydrogen (secondary N) is 1. The maximum atomic E-state index is 9.55. The van der Waals surface area contributed by atoms with Gasteiger partial charge < -0.3 is 15.0 Å². The van der Waals surface area contributed by atoms with Gasteiger partial charge in [-0.25, -0.2) is 0 Å². The highest BCUT2D eigenvalue weighted by Crippen LogP contribution is 2.46. The Morgan fingerprint density at radius 3 is 3.10 bits per heavy atom. The molecule has 3 nitrogen and oxygen atoms in total. The number of halogens is 1. The van der Waals surface area contributed by atoms with Crippen LogP contribution in [-0.2, 0) is 6.42 Å². The Hall–Kier alpha value is -0.840. The Labute approximate surface area is 127 Å². The molecule has 0 amide bonds. The second kappa shape index (κ2) is 4.58. The molecule has 0 spiro atoms. The van der Waals surface area contributed by atoms with Gasteiger partial charge in [-0.3, -0.25) is 0 Å². The lowest BCUT2D eigenvalue weighted by Crippen LogP contribution is -2.48. The average Bonchev–Trinajstić information content (AvgIpc) is 2.77. The summed E-state index contributed by atoms with van der Waals surface area (Å²) in [6.07, 6.45) is 2.20. The highest BCUT2D eigenvalue weighted by Gasteiger charge is 2.39. The van der Waals surface area contributed by atoms with Gasteiger partial charge in [0.05, 0.1) is 4.60 Å². The molecule has 0 saturated carbocycles. The molecular formula is C16H19BrN2O. The van der Waals surface area contributed by atoms with E-state index in [1.165, 1.54) is 22.0 Å². The zero-order chi connectivity index (χ0) is 13.9. The SMILES string of the molecule is CN1C[C@H](CO)C[C@@H]2c3cccc4[nH]c(Br)c(c34)C[C@H]21. The number of rotatable bonds is 1. The van der Waals surface area contributed by atoms with E-state index in [0.29, 0.717) is 24.5 Å². The topological polar surface area (TPSA) is 39.3 Å². The summed E-state index contributed by atoms with van der Waals surface area (Å²) in [5.74, 6) is 0.949. The van der Waals surface area contributed by atoms with Crippen molar-refractivity contribution in [2.45, 2.75) is 24.8 Å². The van der Waals surface area contributed by atoms with Crippen LogP contribution in [0.1, 0.15) is 23.5 Å². The molecule has 3 atom stereocenters. The number of aliphatic hydroxyl groups is 1. The van der Waals surface area contributed by atoms with E-state index in [0.717, 1.165) is 24.0 Å². The number of aliphatic hydroxyl groups excluding tert-OH is 1. The van der Waals surface area contributed by atoms with E-state index in [-0.39, 0.29) is 0 Å². The minimum absolute atomic E-state index is 0.299. The van der Waals surface area contributed by atoms with Crippen molar-refractivity contribution in [2.24, 2.45) is 5.92 Å². The quantitative estimate of drug-likeness (QED) is 0.841. The fourth-order valence-electron chi connectivity index (χ4n) is 4.23. The zero-order valence-corrected chi connectivity index (χ0v) is 13.2. The molecule has 20 heavy (non-hydrogen) atoms. The Bertz CT molecular complexity index is 666. The maximum absolute atomic E-state index is 9.55. The summed E-state index contributed by atoms with van der Waals surface area (Å²) in [5.41, 5.74) is 4.11. The molecule has 2 aliphatic rings. The summed E-state index contributed by atoms with van der Waals surface area (Å²) in [7, 11) is 2.20.